The van der Waals surface area contributed by atoms with Crippen molar-refractivity contribution in [1.82, 2.24) is 4.90 Å². The van der Waals surface area contributed by atoms with E-state index in [-0.39, 0.29) is 17.9 Å². The van der Waals surface area contributed by atoms with E-state index in [2.05, 4.69) is 0 Å². The van der Waals surface area contributed by atoms with Crippen LogP contribution in [0.4, 0.5) is 0 Å². The van der Waals surface area contributed by atoms with Crippen LogP contribution in [-0.4, -0.2) is 37.0 Å². The Balaban J connectivity index is 2.06. The minimum atomic E-state index is -0.565. The number of hydrogen-bond acceptors (Lipinski definition) is 4. The van der Waals surface area contributed by atoms with Crippen LogP contribution in [0.25, 0.3) is 0 Å². The van der Waals surface area contributed by atoms with Gasteiger partial charge in [0.15, 0.2) is 0 Å². The molecule has 0 spiro atoms. The second kappa shape index (κ2) is 7.38. The zero-order valence-electron chi connectivity index (χ0n) is 14.3. The van der Waals surface area contributed by atoms with E-state index in [0.717, 1.165) is 16.9 Å². The number of rotatable bonds is 5. The van der Waals surface area contributed by atoms with Crippen LogP contribution in [0.5, 0.6) is 5.75 Å². The zero-order valence-corrected chi connectivity index (χ0v) is 14.3. The summed E-state index contributed by atoms with van der Waals surface area (Å²) in [5.74, 6) is 0.327. The molecule has 1 heterocycles. The molecular weight excluding hydrogens is 318 g/mol. The summed E-state index contributed by atoms with van der Waals surface area (Å²) in [6.07, 6.45) is 0.824. The van der Waals surface area contributed by atoms with E-state index in [1.807, 2.05) is 54.6 Å². The Bertz CT molecular complexity index is 742. The van der Waals surface area contributed by atoms with Gasteiger partial charge in [-0.25, -0.2) is 4.79 Å². The van der Waals surface area contributed by atoms with Gasteiger partial charge in [0.2, 0.25) is 5.91 Å². The van der Waals surface area contributed by atoms with Gasteiger partial charge in [-0.3, -0.25) is 4.79 Å². The SMILES string of the molecule is COC(=O)C1CCC(=O)N1C(c1ccccc1)c1ccc(OC)cc1. The highest BCUT2D eigenvalue weighted by atomic mass is 16.5. The molecule has 5 heteroatoms. The molecule has 0 N–H and O–H groups in total. The molecule has 1 aliphatic rings. The predicted octanol–water partition coefficient (Wildman–Crippen LogP) is 2.95. The molecule has 0 saturated carbocycles. The monoisotopic (exact) mass is 339 g/mol. The van der Waals surface area contributed by atoms with Crippen molar-refractivity contribution in [3.05, 3.63) is 65.7 Å². The maximum Gasteiger partial charge on any atom is 0.328 e. The fourth-order valence-electron chi connectivity index (χ4n) is 3.33. The first-order valence-corrected chi connectivity index (χ1v) is 8.23. The first-order chi connectivity index (χ1) is 12.2. The molecule has 1 saturated heterocycles. The number of hydrogen-bond donors (Lipinski definition) is 0. The Kier molecular flexibility index (Phi) is 5.03. The van der Waals surface area contributed by atoms with Gasteiger partial charge in [0.05, 0.1) is 20.3 Å². The maximum absolute atomic E-state index is 12.6. The molecule has 25 heavy (non-hydrogen) atoms. The molecule has 5 nitrogen and oxygen atoms in total. The number of amides is 1. The van der Waals surface area contributed by atoms with Crippen LogP contribution < -0.4 is 4.74 Å². The van der Waals surface area contributed by atoms with Gasteiger partial charge in [-0.05, 0) is 29.7 Å². The number of methoxy groups -OCH3 is 2. The van der Waals surface area contributed by atoms with Crippen LogP contribution in [0.2, 0.25) is 0 Å². The van der Waals surface area contributed by atoms with Gasteiger partial charge in [-0.15, -0.1) is 0 Å². The van der Waals surface area contributed by atoms with Crippen molar-refractivity contribution in [3.8, 4) is 5.75 Å². The van der Waals surface area contributed by atoms with Crippen molar-refractivity contribution in [2.75, 3.05) is 14.2 Å². The smallest absolute Gasteiger partial charge is 0.328 e. The molecule has 1 aliphatic heterocycles. The molecule has 0 bridgehead atoms. The summed E-state index contributed by atoms with van der Waals surface area (Å²) in [4.78, 5) is 26.5. The molecule has 2 aromatic rings. The summed E-state index contributed by atoms with van der Waals surface area (Å²) < 4.78 is 10.1. The number of carbonyl (C=O) groups excluding carboxylic acids is 2. The van der Waals surface area contributed by atoms with Crippen molar-refractivity contribution >= 4 is 11.9 Å². The van der Waals surface area contributed by atoms with E-state index in [0.29, 0.717) is 12.8 Å². The van der Waals surface area contributed by atoms with Crippen molar-refractivity contribution in [3.63, 3.8) is 0 Å². The Morgan fingerprint density at radius 3 is 2.28 bits per heavy atom. The summed E-state index contributed by atoms with van der Waals surface area (Å²) in [7, 11) is 2.97. The summed E-state index contributed by atoms with van der Waals surface area (Å²) in [6, 6.07) is 16.4. The number of benzene rings is 2. The molecule has 2 unspecified atom stereocenters. The zero-order chi connectivity index (χ0) is 17.8. The third-order valence-corrected chi connectivity index (χ3v) is 4.55. The lowest BCUT2D eigenvalue weighted by Gasteiger charge is -2.33. The quantitative estimate of drug-likeness (QED) is 0.786. The molecule has 0 aromatic heterocycles. The second-order valence-electron chi connectivity index (χ2n) is 5.97. The van der Waals surface area contributed by atoms with Crippen LogP contribution >= 0.6 is 0 Å². The Morgan fingerprint density at radius 1 is 1.04 bits per heavy atom. The lowest BCUT2D eigenvalue weighted by molar-refractivity contribution is -0.150. The number of carbonyl (C=O) groups is 2. The second-order valence-corrected chi connectivity index (χ2v) is 5.97. The van der Waals surface area contributed by atoms with E-state index in [4.69, 9.17) is 9.47 Å². The predicted molar refractivity (Wildman–Crippen MR) is 93.2 cm³/mol. The van der Waals surface area contributed by atoms with Crippen molar-refractivity contribution in [2.24, 2.45) is 0 Å². The van der Waals surface area contributed by atoms with E-state index in [1.54, 1.807) is 12.0 Å². The Morgan fingerprint density at radius 2 is 1.68 bits per heavy atom. The standard InChI is InChI=1S/C20H21NO4/c1-24-16-10-8-15(9-11-16)19(14-6-4-3-5-7-14)21-17(20(23)25-2)12-13-18(21)22/h3-11,17,19H,12-13H2,1-2H3. The molecule has 1 fully saturated rings. The number of esters is 1. The van der Waals surface area contributed by atoms with Gasteiger partial charge in [-0.1, -0.05) is 42.5 Å². The van der Waals surface area contributed by atoms with Crippen molar-refractivity contribution in [2.45, 2.75) is 24.9 Å². The maximum atomic E-state index is 12.6. The summed E-state index contributed by atoms with van der Waals surface area (Å²) in [6.45, 7) is 0. The molecule has 0 radical (unpaired) electrons. The third kappa shape index (κ3) is 3.36. The first-order valence-electron chi connectivity index (χ1n) is 8.23. The molecule has 2 aromatic carbocycles. The van der Waals surface area contributed by atoms with Gasteiger partial charge in [-0.2, -0.15) is 0 Å². The summed E-state index contributed by atoms with van der Waals surface area (Å²) >= 11 is 0. The minimum absolute atomic E-state index is 0.0416. The van der Waals surface area contributed by atoms with E-state index >= 15 is 0 Å². The van der Waals surface area contributed by atoms with Crippen molar-refractivity contribution in [1.29, 1.82) is 0 Å². The van der Waals surface area contributed by atoms with E-state index < -0.39 is 6.04 Å². The molecule has 130 valence electrons. The molecular formula is C20H21NO4. The van der Waals surface area contributed by atoms with Crippen molar-refractivity contribution < 1.29 is 19.1 Å². The van der Waals surface area contributed by atoms with Gasteiger partial charge in [0, 0.05) is 6.42 Å². The Labute approximate surface area is 147 Å². The van der Waals surface area contributed by atoms with Crippen LogP contribution in [0.3, 0.4) is 0 Å². The average Bonchev–Trinajstić information content (AvgIpc) is 3.04. The van der Waals surface area contributed by atoms with Crippen LogP contribution in [0.1, 0.15) is 30.0 Å². The molecule has 0 aliphatic carbocycles. The minimum Gasteiger partial charge on any atom is -0.497 e. The van der Waals surface area contributed by atoms with E-state index in [1.165, 1.54) is 7.11 Å². The van der Waals surface area contributed by atoms with Gasteiger partial charge in [0.1, 0.15) is 11.8 Å². The number of ether oxygens (including phenoxy) is 2. The normalized spacial score (nSPS) is 18.1. The largest absolute Gasteiger partial charge is 0.497 e. The van der Waals surface area contributed by atoms with Crippen LogP contribution in [-0.2, 0) is 14.3 Å². The summed E-state index contributed by atoms with van der Waals surface area (Å²) in [5, 5.41) is 0. The lowest BCUT2D eigenvalue weighted by Crippen LogP contribution is -2.42. The fraction of sp³-hybridized carbons (Fsp3) is 0.300. The van der Waals surface area contributed by atoms with Crippen LogP contribution in [0, 0.1) is 0 Å². The number of likely N-dealkylation sites (tertiary alicyclic amines) is 1. The first kappa shape index (κ1) is 17.0. The molecule has 3 rings (SSSR count). The highest BCUT2D eigenvalue weighted by Gasteiger charge is 2.42. The lowest BCUT2D eigenvalue weighted by atomic mass is 9.96. The van der Waals surface area contributed by atoms with E-state index in [9.17, 15) is 9.59 Å². The topological polar surface area (TPSA) is 55.8 Å². The molecule has 2 atom stereocenters. The fourth-order valence-corrected chi connectivity index (χ4v) is 3.33. The highest BCUT2D eigenvalue weighted by Crippen LogP contribution is 2.36. The summed E-state index contributed by atoms with van der Waals surface area (Å²) in [5.41, 5.74) is 1.88. The molecule has 1 amide bonds. The van der Waals surface area contributed by atoms with Gasteiger partial charge in [0.25, 0.3) is 0 Å². The Hall–Kier alpha value is -2.82. The number of nitrogens with zero attached hydrogens (tertiary/aromatic N) is 1. The average molecular weight is 339 g/mol. The van der Waals surface area contributed by atoms with Crippen LogP contribution in [0.15, 0.2) is 54.6 Å². The van der Waals surface area contributed by atoms with Gasteiger partial charge < -0.3 is 14.4 Å². The van der Waals surface area contributed by atoms with Gasteiger partial charge >= 0.3 is 5.97 Å². The third-order valence-electron chi connectivity index (χ3n) is 4.55. The highest BCUT2D eigenvalue weighted by molar-refractivity contribution is 5.89.